The quantitative estimate of drug-likeness (QED) is 0.656. The van der Waals surface area contributed by atoms with Crippen LogP contribution in [0.2, 0.25) is 0 Å². The molecule has 0 aliphatic heterocycles. The standard InChI is InChI=1S/C13H30N2/c1-7-12(15(5)6)10-8-9-11-14-13(2,3)4/h12,14H,7-11H2,1-6H3. The van der Waals surface area contributed by atoms with Crippen molar-refractivity contribution in [1.82, 2.24) is 10.2 Å². The summed E-state index contributed by atoms with van der Waals surface area (Å²) in [7, 11) is 4.36. The second-order valence-electron chi connectivity index (χ2n) is 5.70. The van der Waals surface area contributed by atoms with Gasteiger partial charge in [0.05, 0.1) is 0 Å². The summed E-state index contributed by atoms with van der Waals surface area (Å²) in [6, 6.07) is 0.764. The molecule has 0 rings (SSSR count). The maximum atomic E-state index is 3.53. The van der Waals surface area contributed by atoms with Gasteiger partial charge < -0.3 is 10.2 Å². The first kappa shape index (κ1) is 14.9. The third kappa shape index (κ3) is 8.88. The zero-order valence-corrected chi connectivity index (χ0v) is 11.6. The Morgan fingerprint density at radius 2 is 1.73 bits per heavy atom. The maximum Gasteiger partial charge on any atom is 0.00965 e. The average molecular weight is 214 g/mol. The lowest BCUT2D eigenvalue weighted by atomic mass is 10.1. The second kappa shape index (κ2) is 7.24. The van der Waals surface area contributed by atoms with E-state index in [9.17, 15) is 0 Å². The van der Waals surface area contributed by atoms with Gasteiger partial charge in [-0.15, -0.1) is 0 Å². The Bertz CT molecular complexity index is 147. The predicted molar refractivity (Wildman–Crippen MR) is 69.4 cm³/mol. The molecule has 0 aromatic rings. The second-order valence-corrected chi connectivity index (χ2v) is 5.70. The Labute approximate surface area is 96.4 Å². The van der Waals surface area contributed by atoms with Crippen molar-refractivity contribution < 1.29 is 0 Å². The zero-order valence-electron chi connectivity index (χ0n) is 11.6. The highest BCUT2D eigenvalue weighted by Gasteiger charge is 2.09. The smallest absolute Gasteiger partial charge is 0.00965 e. The van der Waals surface area contributed by atoms with E-state index in [0.29, 0.717) is 0 Å². The van der Waals surface area contributed by atoms with Gasteiger partial charge in [-0.05, 0) is 60.7 Å². The van der Waals surface area contributed by atoms with Gasteiger partial charge in [-0.1, -0.05) is 13.3 Å². The van der Waals surface area contributed by atoms with E-state index in [1.807, 2.05) is 0 Å². The van der Waals surface area contributed by atoms with E-state index in [1.54, 1.807) is 0 Å². The molecule has 0 heterocycles. The molecule has 15 heavy (non-hydrogen) atoms. The van der Waals surface area contributed by atoms with Crippen molar-refractivity contribution >= 4 is 0 Å². The first-order valence-electron chi connectivity index (χ1n) is 6.28. The monoisotopic (exact) mass is 214 g/mol. The molecule has 0 aromatic heterocycles. The molecule has 0 aromatic carbocycles. The third-order valence-corrected chi connectivity index (χ3v) is 2.82. The topological polar surface area (TPSA) is 15.3 Å². The first-order chi connectivity index (χ1) is 6.87. The summed E-state index contributed by atoms with van der Waals surface area (Å²) in [6.45, 7) is 10.1. The van der Waals surface area contributed by atoms with Gasteiger partial charge in [-0.25, -0.2) is 0 Å². The number of hydrogen-bond acceptors (Lipinski definition) is 2. The van der Waals surface area contributed by atoms with Crippen LogP contribution in [0.5, 0.6) is 0 Å². The van der Waals surface area contributed by atoms with E-state index >= 15 is 0 Å². The molecule has 1 N–H and O–H groups in total. The number of hydrogen-bond donors (Lipinski definition) is 1. The highest BCUT2D eigenvalue weighted by atomic mass is 15.1. The lowest BCUT2D eigenvalue weighted by Gasteiger charge is -2.23. The molecule has 2 nitrogen and oxygen atoms in total. The van der Waals surface area contributed by atoms with Crippen LogP contribution in [0.1, 0.15) is 53.4 Å². The number of unbranched alkanes of at least 4 members (excludes halogenated alkanes) is 1. The minimum Gasteiger partial charge on any atom is -0.312 e. The van der Waals surface area contributed by atoms with Crippen molar-refractivity contribution in [2.24, 2.45) is 0 Å². The summed E-state index contributed by atoms with van der Waals surface area (Å²) in [4.78, 5) is 2.34. The van der Waals surface area contributed by atoms with Crippen LogP contribution in [0.4, 0.5) is 0 Å². The van der Waals surface area contributed by atoms with Crippen molar-refractivity contribution in [2.75, 3.05) is 20.6 Å². The molecule has 1 unspecified atom stereocenters. The Balaban J connectivity index is 3.45. The van der Waals surface area contributed by atoms with E-state index in [2.05, 4.69) is 52.0 Å². The summed E-state index contributed by atoms with van der Waals surface area (Å²) in [6.07, 6.45) is 5.22. The molecule has 0 bridgehead atoms. The molecule has 2 heteroatoms. The van der Waals surface area contributed by atoms with Crippen LogP contribution >= 0.6 is 0 Å². The summed E-state index contributed by atoms with van der Waals surface area (Å²) in [5, 5.41) is 3.53. The fraction of sp³-hybridized carbons (Fsp3) is 1.00. The Morgan fingerprint density at radius 1 is 1.13 bits per heavy atom. The van der Waals surface area contributed by atoms with Crippen LogP contribution in [0.15, 0.2) is 0 Å². The highest BCUT2D eigenvalue weighted by molar-refractivity contribution is 4.70. The van der Waals surface area contributed by atoms with Gasteiger partial charge >= 0.3 is 0 Å². The average Bonchev–Trinajstić information content (AvgIpc) is 2.08. The van der Waals surface area contributed by atoms with Gasteiger partial charge in [0.2, 0.25) is 0 Å². The summed E-state index contributed by atoms with van der Waals surface area (Å²) in [5.41, 5.74) is 0.270. The van der Waals surface area contributed by atoms with Gasteiger partial charge in [-0.3, -0.25) is 0 Å². The van der Waals surface area contributed by atoms with E-state index in [0.717, 1.165) is 12.6 Å². The number of rotatable bonds is 7. The maximum absolute atomic E-state index is 3.53. The molecule has 0 radical (unpaired) electrons. The van der Waals surface area contributed by atoms with Crippen LogP contribution in [-0.2, 0) is 0 Å². The fourth-order valence-electron chi connectivity index (χ4n) is 1.80. The Morgan fingerprint density at radius 3 is 2.13 bits per heavy atom. The molecule has 0 amide bonds. The summed E-state index contributed by atoms with van der Waals surface area (Å²) < 4.78 is 0. The SMILES string of the molecule is CCC(CCCCNC(C)(C)C)N(C)C. The normalized spacial score (nSPS) is 14.6. The van der Waals surface area contributed by atoms with Crippen molar-refractivity contribution in [3.05, 3.63) is 0 Å². The fourth-order valence-corrected chi connectivity index (χ4v) is 1.80. The van der Waals surface area contributed by atoms with E-state index in [-0.39, 0.29) is 5.54 Å². The molecule has 0 saturated carbocycles. The Hall–Kier alpha value is -0.0800. The lowest BCUT2D eigenvalue weighted by molar-refractivity contribution is 0.264. The summed E-state index contributed by atoms with van der Waals surface area (Å²) in [5.74, 6) is 0. The summed E-state index contributed by atoms with van der Waals surface area (Å²) >= 11 is 0. The third-order valence-electron chi connectivity index (χ3n) is 2.82. The molecule has 0 fully saturated rings. The lowest BCUT2D eigenvalue weighted by Crippen LogP contribution is -2.36. The molecule has 1 atom stereocenters. The van der Waals surface area contributed by atoms with Gasteiger partial charge in [0.15, 0.2) is 0 Å². The van der Waals surface area contributed by atoms with Gasteiger partial charge in [0.1, 0.15) is 0 Å². The van der Waals surface area contributed by atoms with Gasteiger partial charge in [0, 0.05) is 11.6 Å². The van der Waals surface area contributed by atoms with Crippen LogP contribution in [-0.4, -0.2) is 37.1 Å². The molecule has 0 spiro atoms. The van der Waals surface area contributed by atoms with E-state index < -0.39 is 0 Å². The van der Waals surface area contributed by atoms with Crippen molar-refractivity contribution in [3.8, 4) is 0 Å². The van der Waals surface area contributed by atoms with Crippen molar-refractivity contribution in [3.63, 3.8) is 0 Å². The molecule has 92 valence electrons. The predicted octanol–water partition coefficient (Wildman–Crippen LogP) is 2.89. The molecular weight excluding hydrogens is 184 g/mol. The van der Waals surface area contributed by atoms with Crippen LogP contribution < -0.4 is 5.32 Å². The minimum atomic E-state index is 0.270. The minimum absolute atomic E-state index is 0.270. The molecular formula is C13H30N2. The van der Waals surface area contributed by atoms with Crippen LogP contribution in [0.25, 0.3) is 0 Å². The van der Waals surface area contributed by atoms with Gasteiger partial charge in [-0.2, -0.15) is 0 Å². The number of nitrogens with one attached hydrogen (secondary N) is 1. The zero-order chi connectivity index (χ0) is 11.9. The van der Waals surface area contributed by atoms with E-state index in [4.69, 9.17) is 0 Å². The number of nitrogens with zero attached hydrogens (tertiary/aromatic N) is 1. The van der Waals surface area contributed by atoms with Crippen molar-refractivity contribution in [2.45, 2.75) is 65.0 Å². The van der Waals surface area contributed by atoms with Crippen LogP contribution in [0, 0.1) is 0 Å². The van der Waals surface area contributed by atoms with Gasteiger partial charge in [0.25, 0.3) is 0 Å². The van der Waals surface area contributed by atoms with E-state index in [1.165, 1.54) is 25.7 Å². The van der Waals surface area contributed by atoms with Crippen LogP contribution in [0.3, 0.4) is 0 Å². The highest BCUT2D eigenvalue weighted by Crippen LogP contribution is 2.09. The molecule has 0 aliphatic carbocycles. The first-order valence-corrected chi connectivity index (χ1v) is 6.28. The molecule has 0 saturated heterocycles. The molecule has 0 aliphatic rings. The Kier molecular flexibility index (Phi) is 7.20. The van der Waals surface area contributed by atoms with Crippen molar-refractivity contribution in [1.29, 1.82) is 0 Å². The largest absolute Gasteiger partial charge is 0.312 e.